The Morgan fingerprint density at radius 3 is 2.92 bits per heavy atom. The molecule has 1 fully saturated rings. The summed E-state index contributed by atoms with van der Waals surface area (Å²) in [5.74, 6) is 0.864. The number of benzene rings is 1. The fraction of sp³-hybridized carbons (Fsp3) is 0.421. The van der Waals surface area contributed by atoms with Crippen molar-refractivity contribution >= 4 is 22.0 Å². The van der Waals surface area contributed by atoms with Gasteiger partial charge in [-0.1, -0.05) is 30.4 Å². The zero-order chi connectivity index (χ0) is 17.9. The molecule has 0 unspecified atom stereocenters. The van der Waals surface area contributed by atoms with Crippen LogP contribution in [-0.4, -0.2) is 20.7 Å². The Hall–Kier alpha value is -2.41. The lowest BCUT2D eigenvalue weighted by atomic mass is 10.2. The van der Waals surface area contributed by atoms with Crippen LogP contribution in [0.5, 0.6) is 5.75 Å². The summed E-state index contributed by atoms with van der Waals surface area (Å²) in [6.45, 7) is 2.49. The fourth-order valence-electron chi connectivity index (χ4n) is 3.22. The van der Waals surface area contributed by atoms with E-state index in [1.807, 2.05) is 31.2 Å². The van der Waals surface area contributed by atoms with Gasteiger partial charge < -0.3 is 10.1 Å². The van der Waals surface area contributed by atoms with Crippen molar-refractivity contribution in [2.45, 2.75) is 51.7 Å². The van der Waals surface area contributed by atoms with Crippen LogP contribution >= 0.6 is 11.3 Å². The number of anilines is 1. The number of aromatic nitrogens is 3. The zero-order valence-electron chi connectivity index (χ0n) is 14.8. The highest BCUT2D eigenvalue weighted by atomic mass is 32.1. The number of fused-ring (bicyclic) bond motifs is 1. The smallest absolute Gasteiger partial charge is 0.275 e. The molecule has 26 heavy (non-hydrogen) atoms. The van der Waals surface area contributed by atoms with Crippen molar-refractivity contribution < 1.29 is 4.74 Å². The summed E-state index contributed by atoms with van der Waals surface area (Å²) in [7, 11) is 0. The number of hydrogen-bond donors (Lipinski definition) is 1. The highest BCUT2D eigenvalue weighted by Gasteiger charge is 2.18. The predicted octanol–water partition coefficient (Wildman–Crippen LogP) is 3.65. The molecule has 0 bridgehead atoms. The largest absolute Gasteiger partial charge is 0.488 e. The highest BCUT2D eigenvalue weighted by Crippen LogP contribution is 2.29. The van der Waals surface area contributed by atoms with Gasteiger partial charge in [0.05, 0.1) is 24.0 Å². The number of rotatable bonds is 6. The number of aryl methyl sites for hydroxylation is 1. The molecule has 1 aliphatic rings. The first kappa shape index (κ1) is 17.0. The molecule has 0 saturated heterocycles. The topological polar surface area (TPSA) is 68.5 Å². The van der Waals surface area contributed by atoms with Gasteiger partial charge in [0.1, 0.15) is 10.8 Å². The molecule has 0 amide bonds. The third-order valence-corrected chi connectivity index (χ3v) is 5.64. The lowest BCUT2D eigenvalue weighted by Crippen LogP contribution is -2.17. The molecule has 0 radical (unpaired) electrons. The molecule has 1 aromatic carbocycles. The summed E-state index contributed by atoms with van der Waals surface area (Å²) in [5, 5.41) is 8.56. The van der Waals surface area contributed by atoms with Crippen LogP contribution in [0.3, 0.4) is 0 Å². The van der Waals surface area contributed by atoms with Crippen LogP contribution in [0.4, 0.5) is 5.69 Å². The van der Waals surface area contributed by atoms with Gasteiger partial charge in [-0.15, -0.1) is 0 Å². The van der Waals surface area contributed by atoms with Crippen LogP contribution in [0.2, 0.25) is 0 Å². The fourth-order valence-corrected chi connectivity index (χ4v) is 4.07. The average Bonchev–Trinajstić information content (AvgIpc) is 3.30. The molecular weight excluding hydrogens is 348 g/mol. The molecular formula is C19H22N4O2S. The van der Waals surface area contributed by atoms with E-state index < -0.39 is 0 Å². The Labute approximate surface area is 155 Å². The standard InChI is InChI=1S/C19H22N4O2S/c1-2-17-22-23-18(24)11-13(21-19(23)26-17)12-20-15-9-5-6-10-16(15)25-14-7-3-4-8-14/h5-6,9-11,14,20H,2-4,7-8,12H2,1H3. The second-order valence-electron chi connectivity index (χ2n) is 6.50. The highest BCUT2D eigenvalue weighted by molar-refractivity contribution is 7.16. The van der Waals surface area contributed by atoms with E-state index in [1.54, 1.807) is 6.07 Å². The van der Waals surface area contributed by atoms with E-state index in [4.69, 9.17) is 4.74 Å². The van der Waals surface area contributed by atoms with Crippen molar-refractivity contribution in [2.24, 2.45) is 0 Å². The van der Waals surface area contributed by atoms with E-state index in [1.165, 1.54) is 28.7 Å². The molecule has 0 aliphatic heterocycles. The summed E-state index contributed by atoms with van der Waals surface area (Å²) in [6, 6.07) is 9.49. The number of nitrogens with zero attached hydrogens (tertiary/aromatic N) is 3. The van der Waals surface area contributed by atoms with Gasteiger partial charge in [0.2, 0.25) is 4.96 Å². The van der Waals surface area contributed by atoms with E-state index >= 15 is 0 Å². The minimum Gasteiger partial charge on any atom is -0.488 e. The van der Waals surface area contributed by atoms with Gasteiger partial charge >= 0.3 is 0 Å². The van der Waals surface area contributed by atoms with Crippen LogP contribution in [-0.2, 0) is 13.0 Å². The van der Waals surface area contributed by atoms with Gasteiger partial charge in [-0.2, -0.15) is 9.61 Å². The number of hydrogen-bond acceptors (Lipinski definition) is 6. The molecule has 6 nitrogen and oxygen atoms in total. The molecule has 1 saturated carbocycles. The van der Waals surface area contributed by atoms with Crippen molar-refractivity contribution in [3.63, 3.8) is 0 Å². The number of para-hydroxylation sites is 2. The Bertz CT molecular complexity index is 960. The maximum atomic E-state index is 12.3. The van der Waals surface area contributed by atoms with Crippen molar-refractivity contribution in [3.05, 3.63) is 51.4 Å². The van der Waals surface area contributed by atoms with E-state index in [2.05, 4.69) is 15.4 Å². The van der Waals surface area contributed by atoms with E-state index in [0.29, 0.717) is 23.3 Å². The molecule has 0 spiro atoms. The minimum absolute atomic E-state index is 0.141. The Kier molecular flexibility index (Phi) is 4.88. The second kappa shape index (κ2) is 7.45. The Morgan fingerprint density at radius 1 is 1.31 bits per heavy atom. The number of ether oxygens (including phenoxy) is 1. The van der Waals surface area contributed by atoms with Crippen LogP contribution in [0.15, 0.2) is 35.1 Å². The van der Waals surface area contributed by atoms with Gasteiger partial charge in [0, 0.05) is 6.07 Å². The third kappa shape index (κ3) is 3.58. The average molecular weight is 370 g/mol. The third-order valence-electron chi connectivity index (χ3n) is 4.59. The lowest BCUT2D eigenvalue weighted by Gasteiger charge is -2.17. The summed E-state index contributed by atoms with van der Waals surface area (Å²) in [6.07, 6.45) is 5.82. The molecule has 1 N–H and O–H groups in total. The predicted molar refractivity (Wildman–Crippen MR) is 103 cm³/mol. The zero-order valence-corrected chi connectivity index (χ0v) is 15.6. The first-order chi connectivity index (χ1) is 12.7. The molecule has 4 rings (SSSR count). The van der Waals surface area contributed by atoms with E-state index in [9.17, 15) is 4.79 Å². The van der Waals surface area contributed by atoms with Crippen molar-refractivity contribution in [3.8, 4) is 5.75 Å². The normalized spacial score (nSPS) is 14.8. The minimum atomic E-state index is -0.141. The first-order valence-corrected chi connectivity index (χ1v) is 9.93. The molecule has 0 atom stereocenters. The second-order valence-corrected chi connectivity index (χ2v) is 7.54. The van der Waals surface area contributed by atoms with Crippen molar-refractivity contribution in [2.75, 3.05) is 5.32 Å². The molecule has 136 valence electrons. The van der Waals surface area contributed by atoms with Crippen LogP contribution in [0.1, 0.15) is 43.3 Å². The molecule has 3 aromatic rings. The Balaban J connectivity index is 1.52. The molecule has 7 heteroatoms. The molecule has 2 aromatic heterocycles. The molecule has 1 aliphatic carbocycles. The van der Waals surface area contributed by atoms with Gasteiger partial charge in [0.15, 0.2) is 0 Å². The van der Waals surface area contributed by atoms with E-state index in [0.717, 1.165) is 35.7 Å². The summed E-state index contributed by atoms with van der Waals surface area (Å²) in [5.41, 5.74) is 1.50. The van der Waals surface area contributed by atoms with Gasteiger partial charge in [-0.05, 0) is 44.2 Å². The maximum Gasteiger partial charge on any atom is 0.275 e. The van der Waals surface area contributed by atoms with Gasteiger partial charge in [0.25, 0.3) is 5.56 Å². The summed E-state index contributed by atoms with van der Waals surface area (Å²) >= 11 is 1.46. The lowest BCUT2D eigenvalue weighted by molar-refractivity contribution is 0.211. The monoisotopic (exact) mass is 370 g/mol. The van der Waals surface area contributed by atoms with E-state index in [-0.39, 0.29) is 5.56 Å². The van der Waals surface area contributed by atoms with Gasteiger partial charge in [-0.3, -0.25) is 4.79 Å². The maximum absolute atomic E-state index is 12.3. The molecule has 2 heterocycles. The summed E-state index contributed by atoms with van der Waals surface area (Å²) < 4.78 is 7.53. The number of nitrogens with one attached hydrogen (secondary N) is 1. The van der Waals surface area contributed by atoms with Crippen molar-refractivity contribution in [1.82, 2.24) is 14.6 Å². The quantitative estimate of drug-likeness (QED) is 0.717. The van der Waals surface area contributed by atoms with Crippen molar-refractivity contribution in [1.29, 1.82) is 0 Å². The Morgan fingerprint density at radius 2 is 2.12 bits per heavy atom. The van der Waals surface area contributed by atoms with Crippen LogP contribution < -0.4 is 15.6 Å². The summed E-state index contributed by atoms with van der Waals surface area (Å²) in [4.78, 5) is 17.5. The van der Waals surface area contributed by atoms with Crippen LogP contribution in [0, 0.1) is 0 Å². The van der Waals surface area contributed by atoms with Crippen LogP contribution in [0.25, 0.3) is 4.96 Å². The van der Waals surface area contributed by atoms with Gasteiger partial charge in [-0.25, -0.2) is 4.98 Å². The first-order valence-electron chi connectivity index (χ1n) is 9.11. The SMILES string of the molecule is CCc1nn2c(=O)cc(CNc3ccccc3OC3CCCC3)nc2s1.